The number of methoxy groups -OCH3 is 1. The monoisotopic (exact) mass is 593 g/mol. The molecule has 3 fully saturated rings. The number of benzene rings is 2. The van der Waals surface area contributed by atoms with Crippen molar-refractivity contribution >= 4 is 17.5 Å². The first kappa shape index (κ1) is 30.5. The van der Waals surface area contributed by atoms with Crippen molar-refractivity contribution in [2.24, 2.45) is 11.8 Å². The second-order valence-corrected chi connectivity index (χ2v) is 12.3. The standard InChI is InChI=1S/C31H40ClN3O2.2ClH/c1-37-28-13-12-26(32)29-24(28)17-33-19-31(29)20-34-18-25(31)30(36)35-15-14-23(21-8-4-2-5-9-21)16-27(35)22-10-6-3-7-11-22;;/h2,4-5,8-9,12-13,22-23,25,27,33-34H,3,6-7,10-11,14-20H2,1H3;2*1H/t23-,25?,27+,31-;;/m1../s1. The number of ether oxygens (including phenoxy) is 1. The molecule has 0 bridgehead atoms. The molecule has 3 aliphatic heterocycles. The Bertz CT molecular complexity index is 1130. The molecular weight excluding hydrogens is 553 g/mol. The van der Waals surface area contributed by atoms with Crippen LogP contribution in [-0.4, -0.2) is 50.1 Å². The van der Waals surface area contributed by atoms with Crippen LogP contribution in [0.25, 0.3) is 0 Å². The number of quaternary nitrogens is 2. The van der Waals surface area contributed by atoms with E-state index in [-0.39, 0.29) is 36.1 Å². The summed E-state index contributed by atoms with van der Waals surface area (Å²) in [6.45, 7) is 4.39. The fourth-order valence-corrected chi connectivity index (χ4v) is 8.65. The Morgan fingerprint density at radius 1 is 1.00 bits per heavy atom. The number of likely N-dealkylation sites (tertiary alicyclic amines) is 1. The minimum absolute atomic E-state index is 0. The normalized spacial score (nSPS) is 28.8. The minimum atomic E-state index is -0.246. The summed E-state index contributed by atoms with van der Waals surface area (Å²) in [5.74, 6) is 2.39. The predicted octanol–water partition coefficient (Wildman–Crippen LogP) is -2.78. The van der Waals surface area contributed by atoms with Crippen molar-refractivity contribution in [1.29, 1.82) is 0 Å². The van der Waals surface area contributed by atoms with Crippen molar-refractivity contribution in [1.82, 2.24) is 4.90 Å². The molecule has 0 radical (unpaired) electrons. The summed E-state index contributed by atoms with van der Waals surface area (Å²) < 4.78 is 5.75. The third-order valence-electron chi connectivity index (χ3n) is 10.1. The largest absolute Gasteiger partial charge is 1.00 e. The molecule has 1 aliphatic carbocycles. The summed E-state index contributed by atoms with van der Waals surface area (Å²) in [7, 11) is 1.74. The van der Waals surface area contributed by atoms with Gasteiger partial charge >= 0.3 is 0 Å². The first-order valence-corrected chi connectivity index (χ1v) is 14.8. The highest BCUT2D eigenvalue weighted by atomic mass is 35.5. The first-order chi connectivity index (χ1) is 18.1. The molecule has 2 aromatic rings. The number of halogens is 3. The summed E-state index contributed by atoms with van der Waals surface area (Å²) >= 11 is 6.93. The number of amides is 1. The Kier molecular flexibility index (Phi) is 10.1. The Morgan fingerprint density at radius 2 is 1.74 bits per heavy atom. The lowest BCUT2D eigenvalue weighted by Crippen LogP contribution is -3.00. The van der Waals surface area contributed by atoms with Crippen molar-refractivity contribution in [2.45, 2.75) is 68.9 Å². The summed E-state index contributed by atoms with van der Waals surface area (Å²) in [4.78, 5) is 17.0. The first-order valence-electron chi connectivity index (χ1n) is 14.5. The van der Waals surface area contributed by atoms with Gasteiger partial charge in [0.15, 0.2) is 0 Å². The molecule has 1 unspecified atom stereocenters. The van der Waals surface area contributed by atoms with Gasteiger partial charge in [-0.05, 0) is 55.2 Å². The zero-order valence-corrected chi connectivity index (χ0v) is 25.2. The number of nitrogens with two attached hydrogens (primary N) is 2. The van der Waals surface area contributed by atoms with E-state index in [0.717, 1.165) is 56.3 Å². The van der Waals surface area contributed by atoms with Crippen LogP contribution >= 0.6 is 11.6 Å². The second kappa shape index (κ2) is 13.0. The van der Waals surface area contributed by atoms with Crippen molar-refractivity contribution in [3.8, 4) is 5.75 Å². The van der Waals surface area contributed by atoms with Gasteiger partial charge in [0.05, 0.1) is 32.3 Å². The van der Waals surface area contributed by atoms with Crippen LogP contribution in [0.15, 0.2) is 42.5 Å². The van der Waals surface area contributed by atoms with E-state index in [1.54, 1.807) is 7.11 Å². The number of rotatable bonds is 4. The molecule has 6 rings (SSSR count). The topological polar surface area (TPSA) is 62.8 Å². The maximum absolute atomic E-state index is 14.7. The van der Waals surface area contributed by atoms with E-state index in [4.69, 9.17) is 16.3 Å². The van der Waals surface area contributed by atoms with Gasteiger partial charge in [-0.25, -0.2) is 0 Å². The summed E-state index contributed by atoms with van der Waals surface area (Å²) in [5, 5.41) is 5.51. The van der Waals surface area contributed by atoms with Gasteiger partial charge in [-0.15, -0.1) is 0 Å². The lowest BCUT2D eigenvalue weighted by Gasteiger charge is -2.47. The van der Waals surface area contributed by atoms with Crippen LogP contribution in [0.2, 0.25) is 5.02 Å². The molecule has 1 amide bonds. The van der Waals surface area contributed by atoms with E-state index in [0.29, 0.717) is 23.8 Å². The summed E-state index contributed by atoms with van der Waals surface area (Å²) in [5.41, 5.74) is 3.55. The fraction of sp³-hybridized carbons (Fsp3) is 0.581. The van der Waals surface area contributed by atoms with Gasteiger partial charge in [0.1, 0.15) is 23.6 Å². The maximum atomic E-state index is 14.7. The van der Waals surface area contributed by atoms with Gasteiger partial charge in [0, 0.05) is 23.2 Å². The third kappa shape index (κ3) is 5.55. The third-order valence-corrected chi connectivity index (χ3v) is 10.4. The molecule has 1 spiro atoms. The van der Waals surface area contributed by atoms with Gasteiger partial charge in [-0.3, -0.25) is 4.79 Å². The Morgan fingerprint density at radius 3 is 2.49 bits per heavy atom. The van der Waals surface area contributed by atoms with Crippen molar-refractivity contribution in [2.75, 3.05) is 33.3 Å². The predicted molar refractivity (Wildman–Crippen MR) is 146 cm³/mol. The molecule has 39 heavy (non-hydrogen) atoms. The molecule has 1 saturated carbocycles. The molecule has 8 heteroatoms. The van der Waals surface area contributed by atoms with Crippen molar-refractivity contribution in [3.05, 3.63) is 64.2 Å². The van der Waals surface area contributed by atoms with Crippen LogP contribution in [0, 0.1) is 11.8 Å². The molecular formula is C31H42Cl3N3O2. The second-order valence-electron chi connectivity index (χ2n) is 11.9. The number of piperidine rings is 1. The van der Waals surface area contributed by atoms with E-state index in [1.807, 2.05) is 12.1 Å². The Hall–Kier alpha value is -1.50. The van der Waals surface area contributed by atoms with Gasteiger partial charge in [0.25, 0.3) is 0 Å². The smallest absolute Gasteiger partial charge is 0.233 e. The zero-order valence-electron chi connectivity index (χ0n) is 22.9. The van der Waals surface area contributed by atoms with E-state index >= 15 is 0 Å². The van der Waals surface area contributed by atoms with Gasteiger partial charge in [0.2, 0.25) is 5.91 Å². The molecule has 4 aliphatic rings. The molecule has 2 saturated heterocycles. The molecule has 2 aromatic carbocycles. The van der Waals surface area contributed by atoms with E-state index in [1.165, 1.54) is 48.8 Å². The SMILES string of the molecule is COc1ccc(Cl)c2c1C[NH2+]C[C@]21C[NH2+]CC1C(=O)N1CC[C@@H](c2ccccc2)C[C@H]1C1CCCCC1.[Cl-].[Cl-]. The van der Waals surface area contributed by atoms with Gasteiger partial charge in [-0.1, -0.05) is 61.2 Å². The number of nitrogens with zero attached hydrogens (tertiary/aromatic N) is 1. The molecule has 214 valence electrons. The molecule has 4 N–H and O–H groups in total. The lowest BCUT2D eigenvalue weighted by molar-refractivity contribution is -0.691. The number of hydrogen-bond donors (Lipinski definition) is 2. The van der Waals surface area contributed by atoms with E-state index in [9.17, 15) is 4.79 Å². The van der Waals surface area contributed by atoms with Crippen LogP contribution in [0.5, 0.6) is 5.75 Å². The fourth-order valence-electron chi connectivity index (χ4n) is 8.29. The van der Waals surface area contributed by atoms with Crippen LogP contribution in [0.4, 0.5) is 0 Å². The van der Waals surface area contributed by atoms with Crippen molar-refractivity contribution in [3.63, 3.8) is 0 Å². The van der Waals surface area contributed by atoms with Gasteiger partial charge in [-0.2, -0.15) is 0 Å². The van der Waals surface area contributed by atoms with Crippen LogP contribution in [-0.2, 0) is 16.8 Å². The highest BCUT2D eigenvalue weighted by molar-refractivity contribution is 6.31. The molecule has 3 heterocycles. The quantitative estimate of drug-likeness (QED) is 0.403. The van der Waals surface area contributed by atoms with Crippen LogP contribution in [0.3, 0.4) is 0 Å². The van der Waals surface area contributed by atoms with Crippen LogP contribution in [0.1, 0.15) is 67.6 Å². The highest BCUT2D eigenvalue weighted by Crippen LogP contribution is 2.46. The summed E-state index contributed by atoms with van der Waals surface area (Å²) in [6, 6.07) is 15.3. The average Bonchev–Trinajstić information content (AvgIpc) is 3.37. The molecule has 0 aromatic heterocycles. The molecule has 4 atom stereocenters. The van der Waals surface area contributed by atoms with Gasteiger partial charge < -0.3 is 45.1 Å². The summed E-state index contributed by atoms with van der Waals surface area (Å²) in [6.07, 6.45) is 8.62. The Labute approximate surface area is 250 Å². The average molecular weight is 595 g/mol. The zero-order chi connectivity index (χ0) is 25.4. The lowest BCUT2D eigenvalue weighted by atomic mass is 9.67. The Balaban J connectivity index is 0.00000176. The van der Waals surface area contributed by atoms with Crippen LogP contribution < -0.4 is 40.2 Å². The highest BCUT2D eigenvalue weighted by Gasteiger charge is 2.58. The van der Waals surface area contributed by atoms with Crippen molar-refractivity contribution < 1.29 is 45.0 Å². The minimum Gasteiger partial charge on any atom is -1.00 e. The maximum Gasteiger partial charge on any atom is 0.233 e. The number of hydrogen-bond acceptors (Lipinski definition) is 2. The van der Waals surface area contributed by atoms with E-state index in [2.05, 4.69) is 45.9 Å². The number of fused-ring (bicyclic) bond motifs is 2. The number of carbonyl (C=O) groups excluding carboxylic acids is 1. The number of carbonyl (C=O) groups is 1. The van der Waals surface area contributed by atoms with E-state index < -0.39 is 0 Å². The molecule has 5 nitrogen and oxygen atoms in total.